The van der Waals surface area contributed by atoms with E-state index < -0.39 is 17.8 Å². The molecule has 0 aliphatic carbocycles. The van der Waals surface area contributed by atoms with E-state index in [1.807, 2.05) is 0 Å². The molecule has 1 aliphatic heterocycles. The SMILES string of the molecule is CC1C(=O)NCCN1c1cc(C(F)(F)F)cc(Cl)n1. The number of piperazine rings is 1. The minimum absolute atomic E-state index is 0.0576. The maximum Gasteiger partial charge on any atom is 0.416 e. The summed E-state index contributed by atoms with van der Waals surface area (Å²) in [7, 11) is 0. The highest BCUT2D eigenvalue weighted by atomic mass is 35.5. The molecule has 8 heteroatoms. The first-order valence-electron chi connectivity index (χ1n) is 5.58. The van der Waals surface area contributed by atoms with Gasteiger partial charge in [0.05, 0.1) is 5.56 Å². The van der Waals surface area contributed by atoms with Crippen molar-refractivity contribution in [3.63, 3.8) is 0 Å². The van der Waals surface area contributed by atoms with Crippen LogP contribution < -0.4 is 10.2 Å². The number of pyridine rings is 1. The van der Waals surface area contributed by atoms with E-state index in [9.17, 15) is 18.0 Å². The molecule has 1 amide bonds. The fourth-order valence-electron chi connectivity index (χ4n) is 1.89. The molecule has 1 fully saturated rings. The minimum atomic E-state index is -4.50. The van der Waals surface area contributed by atoms with E-state index in [4.69, 9.17) is 11.6 Å². The van der Waals surface area contributed by atoms with E-state index in [1.54, 1.807) is 6.92 Å². The van der Waals surface area contributed by atoms with Gasteiger partial charge in [0.25, 0.3) is 0 Å². The van der Waals surface area contributed by atoms with Gasteiger partial charge < -0.3 is 10.2 Å². The van der Waals surface area contributed by atoms with Crippen LogP contribution in [0.5, 0.6) is 0 Å². The predicted octanol–water partition coefficient (Wildman–Crippen LogP) is 2.08. The van der Waals surface area contributed by atoms with Gasteiger partial charge in [0.15, 0.2) is 0 Å². The Morgan fingerprint density at radius 2 is 2.16 bits per heavy atom. The van der Waals surface area contributed by atoms with Crippen LogP contribution in [-0.4, -0.2) is 30.0 Å². The van der Waals surface area contributed by atoms with Crippen molar-refractivity contribution in [3.05, 3.63) is 22.8 Å². The zero-order valence-corrected chi connectivity index (χ0v) is 10.7. The molecule has 1 atom stereocenters. The quantitative estimate of drug-likeness (QED) is 0.806. The van der Waals surface area contributed by atoms with Crippen LogP contribution >= 0.6 is 11.6 Å². The summed E-state index contributed by atoms with van der Waals surface area (Å²) in [5.41, 5.74) is -0.874. The number of amides is 1. The van der Waals surface area contributed by atoms with Crippen molar-refractivity contribution in [3.8, 4) is 0 Å². The molecule has 1 unspecified atom stereocenters. The Hall–Kier alpha value is -1.50. The molecule has 1 aromatic rings. The highest BCUT2D eigenvalue weighted by molar-refractivity contribution is 6.29. The Bertz CT molecular complexity index is 506. The molecule has 0 aromatic carbocycles. The molecule has 2 heterocycles. The van der Waals surface area contributed by atoms with Gasteiger partial charge in [-0.05, 0) is 19.1 Å². The number of anilines is 1. The number of carbonyl (C=O) groups is 1. The Balaban J connectivity index is 2.39. The number of hydrogen-bond donors (Lipinski definition) is 1. The number of nitrogens with zero attached hydrogens (tertiary/aromatic N) is 2. The molecule has 0 saturated carbocycles. The van der Waals surface area contributed by atoms with E-state index in [2.05, 4.69) is 10.3 Å². The molecule has 1 saturated heterocycles. The fraction of sp³-hybridized carbons (Fsp3) is 0.455. The maximum atomic E-state index is 12.7. The van der Waals surface area contributed by atoms with Crippen molar-refractivity contribution in [1.82, 2.24) is 10.3 Å². The Morgan fingerprint density at radius 3 is 2.79 bits per heavy atom. The molecule has 4 nitrogen and oxygen atoms in total. The Labute approximate surface area is 112 Å². The minimum Gasteiger partial charge on any atom is -0.353 e. The van der Waals surface area contributed by atoms with Gasteiger partial charge in [-0.15, -0.1) is 0 Å². The van der Waals surface area contributed by atoms with Crippen LogP contribution in [0.3, 0.4) is 0 Å². The lowest BCUT2D eigenvalue weighted by atomic mass is 10.2. The molecule has 0 spiro atoms. The number of nitrogens with one attached hydrogen (secondary N) is 1. The molecule has 19 heavy (non-hydrogen) atoms. The fourth-order valence-corrected chi connectivity index (χ4v) is 2.09. The van der Waals surface area contributed by atoms with Crippen molar-refractivity contribution in [2.45, 2.75) is 19.1 Å². The first kappa shape index (κ1) is 13.9. The molecule has 2 rings (SSSR count). The number of hydrogen-bond acceptors (Lipinski definition) is 3. The summed E-state index contributed by atoms with van der Waals surface area (Å²) >= 11 is 5.62. The third kappa shape index (κ3) is 2.91. The summed E-state index contributed by atoms with van der Waals surface area (Å²) in [5.74, 6) is -0.191. The Morgan fingerprint density at radius 1 is 1.47 bits per heavy atom. The summed E-state index contributed by atoms with van der Waals surface area (Å²) in [6, 6.07) is 1.08. The molecule has 0 bridgehead atoms. The smallest absolute Gasteiger partial charge is 0.353 e. The molecule has 1 aromatic heterocycles. The lowest BCUT2D eigenvalue weighted by molar-refractivity contribution is -0.137. The van der Waals surface area contributed by atoms with Crippen LogP contribution in [0.25, 0.3) is 0 Å². The second-order valence-electron chi connectivity index (χ2n) is 4.19. The first-order chi connectivity index (χ1) is 8.79. The lowest BCUT2D eigenvalue weighted by Crippen LogP contribution is -2.54. The highest BCUT2D eigenvalue weighted by Gasteiger charge is 2.33. The summed E-state index contributed by atoms with van der Waals surface area (Å²) in [6.45, 7) is 2.35. The molecule has 1 N–H and O–H groups in total. The van der Waals surface area contributed by atoms with Crippen molar-refractivity contribution in [2.75, 3.05) is 18.0 Å². The molecule has 104 valence electrons. The monoisotopic (exact) mass is 293 g/mol. The summed E-state index contributed by atoms with van der Waals surface area (Å²) in [6.07, 6.45) is -4.50. The second-order valence-corrected chi connectivity index (χ2v) is 4.58. The van der Waals surface area contributed by atoms with Gasteiger partial charge in [0.2, 0.25) is 5.91 Å². The van der Waals surface area contributed by atoms with Crippen molar-refractivity contribution >= 4 is 23.3 Å². The topological polar surface area (TPSA) is 45.2 Å². The normalized spacial score (nSPS) is 20.4. The van der Waals surface area contributed by atoms with Crippen LogP contribution in [0.15, 0.2) is 12.1 Å². The standard InChI is InChI=1S/C11H11ClF3N3O/c1-6-10(19)16-2-3-18(6)9-5-7(11(13,14)15)4-8(12)17-9/h4-6H,2-3H2,1H3,(H,16,19). The molecule has 0 radical (unpaired) electrons. The lowest BCUT2D eigenvalue weighted by Gasteiger charge is -2.34. The third-order valence-corrected chi connectivity index (χ3v) is 3.09. The van der Waals surface area contributed by atoms with Crippen molar-refractivity contribution < 1.29 is 18.0 Å². The van der Waals surface area contributed by atoms with Crippen LogP contribution in [0, 0.1) is 0 Å². The van der Waals surface area contributed by atoms with E-state index in [-0.39, 0.29) is 16.9 Å². The van der Waals surface area contributed by atoms with Gasteiger partial charge in [0, 0.05) is 13.1 Å². The second kappa shape index (κ2) is 4.88. The van der Waals surface area contributed by atoms with Gasteiger partial charge >= 0.3 is 6.18 Å². The van der Waals surface area contributed by atoms with E-state index in [0.717, 1.165) is 12.1 Å². The largest absolute Gasteiger partial charge is 0.416 e. The van der Waals surface area contributed by atoms with E-state index in [1.165, 1.54) is 4.90 Å². The molecular formula is C11H11ClF3N3O. The average Bonchev–Trinajstić information content (AvgIpc) is 2.31. The van der Waals surface area contributed by atoms with Crippen LogP contribution in [0.2, 0.25) is 5.15 Å². The maximum absolute atomic E-state index is 12.7. The number of aromatic nitrogens is 1. The number of rotatable bonds is 1. The number of alkyl halides is 3. The van der Waals surface area contributed by atoms with Crippen molar-refractivity contribution in [1.29, 1.82) is 0 Å². The van der Waals surface area contributed by atoms with Crippen LogP contribution in [0.4, 0.5) is 19.0 Å². The number of halogens is 4. The predicted molar refractivity (Wildman–Crippen MR) is 64.1 cm³/mol. The van der Waals surface area contributed by atoms with Crippen LogP contribution in [0.1, 0.15) is 12.5 Å². The zero-order chi connectivity index (χ0) is 14.2. The summed E-state index contributed by atoms with van der Waals surface area (Å²) in [5, 5.41) is 2.38. The van der Waals surface area contributed by atoms with Gasteiger partial charge in [-0.2, -0.15) is 13.2 Å². The number of carbonyl (C=O) groups excluding carboxylic acids is 1. The highest BCUT2D eigenvalue weighted by Crippen LogP contribution is 2.33. The molecular weight excluding hydrogens is 283 g/mol. The zero-order valence-electron chi connectivity index (χ0n) is 9.96. The van der Waals surface area contributed by atoms with Gasteiger partial charge in [0.1, 0.15) is 17.0 Å². The van der Waals surface area contributed by atoms with Crippen molar-refractivity contribution in [2.24, 2.45) is 0 Å². The average molecular weight is 294 g/mol. The summed E-state index contributed by atoms with van der Waals surface area (Å²) < 4.78 is 38.1. The summed E-state index contributed by atoms with van der Waals surface area (Å²) in [4.78, 5) is 16.9. The first-order valence-corrected chi connectivity index (χ1v) is 5.96. The van der Waals surface area contributed by atoms with E-state index >= 15 is 0 Å². The van der Waals surface area contributed by atoms with Crippen LogP contribution in [-0.2, 0) is 11.0 Å². The van der Waals surface area contributed by atoms with Gasteiger partial charge in [-0.1, -0.05) is 11.6 Å². The van der Waals surface area contributed by atoms with Gasteiger partial charge in [-0.3, -0.25) is 4.79 Å². The van der Waals surface area contributed by atoms with E-state index in [0.29, 0.717) is 13.1 Å². The third-order valence-electron chi connectivity index (χ3n) is 2.90. The van der Waals surface area contributed by atoms with Gasteiger partial charge in [-0.25, -0.2) is 4.98 Å². The Kier molecular flexibility index (Phi) is 3.58. The molecule has 1 aliphatic rings.